The van der Waals surface area contributed by atoms with Gasteiger partial charge in [0, 0.05) is 30.8 Å². The Morgan fingerprint density at radius 1 is 1.19 bits per heavy atom. The van der Waals surface area contributed by atoms with Crippen LogP contribution in [0.15, 0.2) is 48.5 Å². The van der Waals surface area contributed by atoms with Crippen LogP contribution in [0.2, 0.25) is 0 Å². The van der Waals surface area contributed by atoms with Crippen molar-refractivity contribution < 1.29 is 9.90 Å². The van der Waals surface area contributed by atoms with Crippen molar-refractivity contribution in [1.29, 1.82) is 0 Å². The third kappa shape index (κ3) is 4.33. The van der Waals surface area contributed by atoms with E-state index in [1.165, 1.54) is 12.5 Å². The van der Waals surface area contributed by atoms with E-state index in [1.807, 2.05) is 18.2 Å². The van der Waals surface area contributed by atoms with Gasteiger partial charge in [0.25, 0.3) is 0 Å². The zero-order chi connectivity index (χ0) is 15.2. The highest BCUT2D eigenvalue weighted by molar-refractivity contribution is 5.88. The minimum absolute atomic E-state index is 0.128. The minimum Gasteiger partial charge on any atom is -0.508 e. The maximum atomic E-state index is 11.1. The van der Waals surface area contributed by atoms with Gasteiger partial charge in [-0.3, -0.25) is 4.79 Å². The molecule has 0 saturated heterocycles. The predicted octanol–water partition coefficient (Wildman–Crippen LogP) is 3.20. The van der Waals surface area contributed by atoms with Crippen molar-refractivity contribution in [2.24, 2.45) is 0 Å². The van der Waals surface area contributed by atoms with Crippen LogP contribution in [0.1, 0.15) is 31.0 Å². The van der Waals surface area contributed by atoms with Crippen molar-refractivity contribution in [2.75, 3.05) is 5.32 Å². The number of amides is 1. The minimum atomic E-state index is -0.128. The molecule has 21 heavy (non-hydrogen) atoms. The first kappa shape index (κ1) is 15.1. The quantitative estimate of drug-likeness (QED) is 0.739. The van der Waals surface area contributed by atoms with E-state index in [0.29, 0.717) is 12.2 Å². The van der Waals surface area contributed by atoms with Gasteiger partial charge in [-0.25, -0.2) is 0 Å². The Morgan fingerprint density at radius 2 is 1.90 bits per heavy atom. The van der Waals surface area contributed by atoms with Crippen LogP contribution in [-0.2, 0) is 11.3 Å². The molecule has 0 fully saturated rings. The van der Waals surface area contributed by atoms with Crippen molar-refractivity contribution in [1.82, 2.24) is 5.32 Å². The second-order valence-electron chi connectivity index (χ2n) is 5.04. The molecule has 0 spiro atoms. The molecule has 3 N–H and O–H groups in total. The van der Waals surface area contributed by atoms with E-state index in [1.54, 1.807) is 18.2 Å². The molecule has 0 saturated carbocycles. The molecule has 4 nitrogen and oxygen atoms in total. The number of hydrogen-bond acceptors (Lipinski definition) is 3. The smallest absolute Gasteiger partial charge is 0.221 e. The maximum absolute atomic E-state index is 11.1. The molecule has 0 unspecified atom stereocenters. The largest absolute Gasteiger partial charge is 0.508 e. The zero-order valence-electron chi connectivity index (χ0n) is 12.3. The summed E-state index contributed by atoms with van der Waals surface area (Å²) in [5.74, 6) is 0.0918. The topological polar surface area (TPSA) is 61.4 Å². The van der Waals surface area contributed by atoms with E-state index < -0.39 is 0 Å². The van der Waals surface area contributed by atoms with Gasteiger partial charge in [0.1, 0.15) is 5.75 Å². The van der Waals surface area contributed by atoms with Crippen LogP contribution >= 0.6 is 0 Å². The van der Waals surface area contributed by atoms with Crippen LogP contribution in [0.4, 0.5) is 5.69 Å². The number of carbonyl (C=O) groups is 1. The van der Waals surface area contributed by atoms with Gasteiger partial charge in [-0.2, -0.15) is 0 Å². The average molecular weight is 284 g/mol. The number of rotatable bonds is 5. The van der Waals surface area contributed by atoms with E-state index in [4.69, 9.17) is 0 Å². The highest BCUT2D eigenvalue weighted by Crippen LogP contribution is 2.22. The van der Waals surface area contributed by atoms with Gasteiger partial charge >= 0.3 is 0 Å². The van der Waals surface area contributed by atoms with E-state index in [9.17, 15) is 9.90 Å². The average Bonchev–Trinajstić information content (AvgIpc) is 2.48. The summed E-state index contributed by atoms with van der Waals surface area (Å²) in [6.45, 7) is 4.06. The van der Waals surface area contributed by atoms with E-state index in [-0.39, 0.29) is 17.7 Å². The lowest BCUT2D eigenvalue weighted by Gasteiger charge is -2.15. The van der Waals surface area contributed by atoms with Crippen LogP contribution in [0.5, 0.6) is 5.75 Å². The molecule has 2 aromatic carbocycles. The molecule has 2 aromatic rings. The molecular weight excluding hydrogens is 264 g/mol. The normalized spacial score (nSPS) is 11.9. The number of phenols is 1. The fraction of sp³-hybridized carbons (Fsp3) is 0.235. The van der Waals surface area contributed by atoms with Crippen LogP contribution < -0.4 is 10.6 Å². The Morgan fingerprint density at radius 3 is 2.57 bits per heavy atom. The summed E-state index contributed by atoms with van der Waals surface area (Å²) in [6.07, 6.45) is 0. The summed E-state index contributed by atoms with van der Waals surface area (Å²) < 4.78 is 0. The first-order valence-electron chi connectivity index (χ1n) is 6.94. The van der Waals surface area contributed by atoms with E-state index in [2.05, 4.69) is 29.7 Å². The van der Waals surface area contributed by atoms with Gasteiger partial charge in [0.2, 0.25) is 5.91 Å². The third-order valence-corrected chi connectivity index (χ3v) is 3.30. The number of carbonyl (C=O) groups excluding carboxylic acids is 1. The van der Waals surface area contributed by atoms with Crippen LogP contribution in [0.25, 0.3) is 0 Å². The number of nitrogens with one attached hydrogen (secondary N) is 2. The Kier molecular flexibility index (Phi) is 4.95. The van der Waals surface area contributed by atoms with Gasteiger partial charge in [-0.1, -0.05) is 30.3 Å². The van der Waals surface area contributed by atoms with Crippen molar-refractivity contribution >= 4 is 11.6 Å². The predicted molar refractivity (Wildman–Crippen MR) is 84.1 cm³/mol. The van der Waals surface area contributed by atoms with Gasteiger partial charge in [-0.05, 0) is 30.7 Å². The molecule has 0 radical (unpaired) electrons. The van der Waals surface area contributed by atoms with E-state index >= 15 is 0 Å². The van der Waals surface area contributed by atoms with Gasteiger partial charge < -0.3 is 15.7 Å². The molecule has 0 heterocycles. The SMILES string of the molecule is CC(=O)Nc1ccc(O)c(CN[C@@H](C)c2ccccc2)c1. The summed E-state index contributed by atoms with van der Waals surface area (Å²) >= 11 is 0. The van der Waals surface area contributed by atoms with Gasteiger partial charge in [0.05, 0.1) is 0 Å². The fourth-order valence-electron chi connectivity index (χ4n) is 2.13. The number of aromatic hydroxyl groups is 1. The molecule has 4 heteroatoms. The monoisotopic (exact) mass is 284 g/mol. The highest BCUT2D eigenvalue weighted by atomic mass is 16.3. The lowest BCUT2D eigenvalue weighted by atomic mass is 10.1. The summed E-state index contributed by atoms with van der Waals surface area (Å²) in [5.41, 5.74) is 2.63. The van der Waals surface area contributed by atoms with Crippen molar-refractivity contribution in [3.63, 3.8) is 0 Å². The van der Waals surface area contributed by atoms with Crippen LogP contribution in [0.3, 0.4) is 0 Å². The second kappa shape index (κ2) is 6.90. The fourth-order valence-corrected chi connectivity index (χ4v) is 2.13. The first-order chi connectivity index (χ1) is 10.1. The van der Waals surface area contributed by atoms with Crippen molar-refractivity contribution in [3.8, 4) is 5.75 Å². The first-order valence-corrected chi connectivity index (χ1v) is 6.94. The molecule has 0 bridgehead atoms. The summed E-state index contributed by atoms with van der Waals surface area (Å²) in [7, 11) is 0. The van der Waals surface area contributed by atoms with Gasteiger partial charge in [-0.15, -0.1) is 0 Å². The maximum Gasteiger partial charge on any atom is 0.221 e. The highest BCUT2D eigenvalue weighted by Gasteiger charge is 2.07. The molecule has 0 aliphatic heterocycles. The Balaban J connectivity index is 2.04. The molecule has 2 rings (SSSR count). The second-order valence-corrected chi connectivity index (χ2v) is 5.04. The molecule has 1 amide bonds. The lowest BCUT2D eigenvalue weighted by Crippen LogP contribution is -2.18. The Labute approximate surface area is 124 Å². The summed E-state index contributed by atoms with van der Waals surface area (Å²) in [5, 5.41) is 16.0. The Hall–Kier alpha value is -2.33. The molecule has 0 aliphatic rings. The summed E-state index contributed by atoms with van der Waals surface area (Å²) in [4.78, 5) is 11.1. The number of benzene rings is 2. The molecule has 0 aliphatic carbocycles. The van der Waals surface area contributed by atoms with Crippen LogP contribution in [-0.4, -0.2) is 11.0 Å². The van der Waals surface area contributed by atoms with Crippen molar-refractivity contribution in [3.05, 3.63) is 59.7 Å². The third-order valence-electron chi connectivity index (χ3n) is 3.30. The molecule has 1 atom stereocenters. The molecular formula is C17H20N2O2. The number of phenolic OH excluding ortho intramolecular Hbond substituents is 1. The van der Waals surface area contributed by atoms with E-state index in [0.717, 1.165) is 5.56 Å². The molecule has 110 valence electrons. The van der Waals surface area contributed by atoms with Gasteiger partial charge in [0.15, 0.2) is 0 Å². The zero-order valence-corrected chi connectivity index (χ0v) is 12.3. The standard InChI is InChI=1S/C17H20N2O2/c1-12(14-6-4-3-5-7-14)18-11-15-10-16(19-13(2)20)8-9-17(15)21/h3-10,12,18,21H,11H2,1-2H3,(H,19,20)/t12-/m0/s1. The molecule has 0 aromatic heterocycles. The Bertz CT molecular complexity index is 611. The van der Waals surface area contributed by atoms with Crippen LogP contribution in [0, 0.1) is 0 Å². The summed E-state index contributed by atoms with van der Waals surface area (Å²) in [6, 6.07) is 15.3. The lowest BCUT2D eigenvalue weighted by molar-refractivity contribution is -0.114. The number of anilines is 1. The van der Waals surface area contributed by atoms with Crippen molar-refractivity contribution in [2.45, 2.75) is 26.4 Å². The number of hydrogen-bond donors (Lipinski definition) is 3.